The Morgan fingerprint density at radius 1 is 1.07 bits per heavy atom. The zero-order chi connectivity index (χ0) is 22.2. The number of carbonyl (C=O) groups is 3. The Labute approximate surface area is 171 Å². The van der Waals surface area contributed by atoms with Crippen molar-refractivity contribution in [3.05, 3.63) is 30.1 Å². The number of carbonyl (C=O) groups excluding carboxylic acids is 3. The number of pyridine rings is 1. The summed E-state index contributed by atoms with van der Waals surface area (Å²) >= 11 is 0. The summed E-state index contributed by atoms with van der Waals surface area (Å²) in [5.74, 6) is -5.33. The van der Waals surface area contributed by atoms with Crippen molar-refractivity contribution in [2.24, 2.45) is 11.8 Å². The van der Waals surface area contributed by atoms with E-state index >= 15 is 0 Å². The highest BCUT2D eigenvalue weighted by Gasteiger charge is 2.58. The normalized spacial score (nSPS) is 28.0. The van der Waals surface area contributed by atoms with Gasteiger partial charge in [0, 0.05) is 24.2 Å². The van der Waals surface area contributed by atoms with E-state index in [-0.39, 0.29) is 6.42 Å². The van der Waals surface area contributed by atoms with E-state index in [4.69, 9.17) is 9.47 Å². The highest BCUT2D eigenvalue weighted by atomic mass is 16.6. The summed E-state index contributed by atoms with van der Waals surface area (Å²) in [7, 11) is 0. The predicted molar refractivity (Wildman–Crippen MR) is 106 cm³/mol. The van der Waals surface area contributed by atoms with Crippen molar-refractivity contribution in [3.63, 3.8) is 0 Å². The van der Waals surface area contributed by atoms with Crippen molar-refractivity contribution in [2.75, 3.05) is 0 Å². The van der Waals surface area contributed by atoms with Crippen molar-refractivity contribution in [3.8, 4) is 0 Å². The van der Waals surface area contributed by atoms with Crippen LogP contribution in [0.3, 0.4) is 0 Å². The van der Waals surface area contributed by atoms with Crippen molar-refractivity contribution >= 4 is 17.7 Å². The number of hydrogen-bond donors (Lipinski definition) is 1. The number of Topliss-reactive ketones (excluding diaryl/α,β-unsaturated/α-hetero) is 1. The molecule has 1 fully saturated rings. The molecule has 4 atom stereocenters. The number of esters is 2. The Kier molecular flexibility index (Phi) is 6.23. The van der Waals surface area contributed by atoms with Crippen LogP contribution in [0, 0.1) is 11.8 Å². The van der Waals surface area contributed by atoms with Gasteiger partial charge in [-0.2, -0.15) is 0 Å². The van der Waals surface area contributed by atoms with Crippen molar-refractivity contribution < 1.29 is 29.0 Å². The van der Waals surface area contributed by atoms with Gasteiger partial charge in [0.05, 0.1) is 11.5 Å². The van der Waals surface area contributed by atoms with E-state index in [1.165, 1.54) is 13.1 Å². The van der Waals surface area contributed by atoms with E-state index in [2.05, 4.69) is 4.98 Å². The summed E-state index contributed by atoms with van der Waals surface area (Å²) in [5.41, 5.74) is -2.95. The van der Waals surface area contributed by atoms with Crippen LogP contribution >= 0.6 is 0 Å². The first-order chi connectivity index (χ1) is 13.1. The molecular formula is C22H31NO6. The lowest BCUT2D eigenvalue weighted by atomic mass is 9.62. The molecule has 1 aliphatic carbocycles. The standard InChI is InChI=1S/C22H31NO6/c1-20(2,3)28-18(25)16-14(24)12-22(7,27)17(19(26)29-21(4,5)6)15(16)13-10-8-9-11-23-13/h8-11,15-17,27H,12H2,1-7H3/t15-,16+,17-,22-/m0/s1. The van der Waals surface area contributed by atoms with Crippen LogP contribution in [0.15, 0.2) is 24.4 Å². The third kappa shape index (κ3) is 5.63. The molecule has 1 aromatic rings. The van der Waals surface area contributed by atoms with Crippen LogP contribution in [0.1, 0.15) is 66.5 Å². The van der Waals surface area contributed by atoms with E-state index in [0.717, 1.165) is 0 Å². The molecule has 1 aromatic heterocycles. The Morgan fingerprint density at radius 2 is 1.62 bits per heavy atom. The van der Waals surface area contributed by atoms with Crippen molar-refractivity contribution in [1.29, 1.82) is 0 Å². The van der Waals surface area contributed by atoms with Gasteiger partial charge in [0.15, 0.2) is 5.78 Å². The van der Waals surface area contributed by atoms with E-state index in [1.54, 1.807) is 59.7 Å². The number of aromatic nitrogens is 1. The Hall–Kier alpha value is -2.28. The number of aliphatic hydroxyl groups is 1. The molecule has 0 bridgehead atoms. The molecule has 0 saturated heterocycles. The molecule has 1 heterocycles. The SMILES string of the molecule is CC(C)(C)OC(=O)[C@@H]1C(=O)C[C@](C)(O)[C@H](C(=O)OC(C)(C)C)[C@H]1c1ccccn1. The lowest BCUT2D eigenvalue weighted by molar-refractivity contribution is -0.182. The largest absolute Gasteiger partial charge is 0.460 e. The summed E-state index contributed by atoms with van der Waals surface area (Å²) in [4.78, 5) is 43.3. The van der Waals surface area contributed by atoms with Gasteiger partial charge in [0.2, 0.25) is 0 Å². The van der Waals surface area contributed by atoms with Crippen molar-refractivity contribution in [1.82, 2.24) is 4.98 Å². The van der Waals surface area contributed by atoms with Gasteiger partial charge in [-0.1, -0.05) is 6.07 Å². The number of rotatable bonds is 3. The van der Waals surface area contributed by atoms with Crippen LogP contribution in [0.4, 0.5) is 0 Å². The van der Waals surface area contributed by atoms with Gasteiger partial charge in [-0.05, 0) is 60.6 Å². The fourth-order valence-electron chi connectivity index (χ4n) is 3.68. The van der Waals surface area contributed by atoms with Crippen LogP contribution in [0.25, 0.3) is 0 Å². The number of ketones is 1. The maximum Gasteiger partial charge on any atom is 0.317 e. The van der Waals surface area contributed by atoms with Gasteiger partial charge in [-0.25, -0.2) is 0 Å². The maximum atomic E-state index is 13.1. The molecule has 1 saturated carbocycles. The lowest BCUT2D eigenvalue weighted by Gasteiger charge is -2.44. The van der Waals surface area contributed by atoms with Gasteiger partial charge >= 0.3 is 11.9 Å². The third-order valence-corrected chi connectivity index (χ3v) is 4.62. The Bertz CT molecular complexity index is 773. The first-order valence-corrected chi connectivity index (χ1v) is 9.74. The van der Waals surface area contributed by atoms with Gasteiger partial charge in [0.1, 0.15) is 17.1 Å². The molecule has 0 spiro atoms. The van der Waals surface area contributed by atoms with E-state index in [0.29, 0.717) is 5.69 Å². The summed E-state index contributed by atoms with van der Waals surface area (Å²) in [5, 5.41) is 11.0. The first kappa shape index (κ1) is 23.0. The van der Waals surface area contributed by atoms with E-state index in [9.17, 15) is 19.5 Å². The average molecular weight is 405 g/mol. The number of nitrogens with zero attached hydrogens (tertiary/aromatic N) is 1. The molecule has 0 amide bonds. The highest BCUT2D eigenvalue weighted by Crippen LogP contribution is 2.46. The summed E-state index contributed by atoms with van der Waals surface area (Å²) in [6, 6.07) is 5.03. The maximum absolute atomic E-state index is 13.1. The molecule has 160 valence electrons. The Balaban J connectivity index is 2.59. The molecule has 0 unspecified atom stereocenters. The minimum absolute atomic E-state index is 0.354. The highest BCUT2D eigenvalue weighted by molar-refractivity contribution is 6.02. The smallest absolute Gasteiger partial charge is 0.317 e. The van der Waals surface area contributed by atoms with Crippen LogP contribution in [-0.2, 0) is 23.9 Å². The average Bonchev–Trinajstić information content (AvgIpc) is 2.50. The molecule has 1 aliphatic rings. The molecule has 0 aliphatic heterocycles. The van der Waals surface area contributed by atoms with E-state index < -0.39 is 52.3 Å². The zero-order valence-corrected chi connectivity index (χ0v) is 18.2. The quantitative estimate of drug-likeness (QED) is 0.609. The number of hydrogen-bond acceptors (Lipinski definition) is 7. The summed E-state index contributed by atoms with van der Waals surface area (Å²) in [6.45, 7) is 11.7. The van der Waals surface area contributed by atoms with Gasteiger partial charge < -0.3 is 14.6 Å². The van der Waals surface area contributed by atoms with Crippen LogP contribution in [0.2, 0.25) is 0 Å². The predicted octanol–water partition coefficient (Wildman–Crippen LogP) is 2.80. The summed E-state index contributed by atoms with van der Waals surface area (Å²) < 4.78 is 11.0. The third-order valence-electron chi connectivity index (χ3n) is 4.62. The first-order valence-electron chi connectivity index (χ1n) is 9.74. The molecule has 29 heavy (non-hydrogen) atoms. The van der Waals surface area contributed by atoms with Gasteiger partial charge in [0.25, 0.3) is 0 Å². The van der Waals surface area contributed by atoms with Crippen LogP contribution < -0.4 is 0 Å². The monoisotopic (exact) mass is 405 g/mol. The van der Waals surface area contributed by atoms with Gasteiger partial charge in [-0.3, -0.25) is 19.4 Å². The van der Waals surface area contributed by atoms with E-state index in [1.807, 2.05) is 0 Å². The molecule has 2 rings (SSSR count). The fourth-order valence-corrected chi connectivity index (χ4v) is 3.68. The topological polar surface area (TPSA) is 103 Å². The minimum atomic E-state index is -1.69. The molecule has 1 N–H and O–H groups in total. The second kappa shape index (κ2) is 7.86. The van der Waals surface area contributed by atoms with Crippen LogP contribution in [0.5, 0.6) is 0 Å². The molecule has 0 aromatic carbocycles. The molecule has 7 nitrogen and oxygen atoms in total. The zero-order valence-electron chi connectivity index (χ0n) is 18.2. The lowest BCUT2D eigenvalue weighted by Crippen LogP contribution is -2.56. The second-order valence-electron chi connectivity index (χ2n) is 9.80. The molecular weight excluding hydrogens is 374 g/mol. The van der Waals surface area contributed by atoms with Crippen molar-refractivity contribution in [2.45, 2.75) is 77.6 Å². The molecule has 0 radical (unpaired) electrons. The van der Waals surface area contributed by atoms with Crippen LogP contribution in [-0.4, -0.2) is 44.6 Å². The fraction of sp³-hybridized carbons (Fsp3) is 0.636. The molecule has 7 heteroatoms. The number of ether oxygens (including phenoxy) is 2. The summed E-state index contributed by atoms with van der Waals surface area (Å²) in [6.07, 6.45) is 1.16. The van der Waals surface area contributed by atoms with Gasteiger partial charge in [-0.15, -0.1) is 0 Å². The second-order valence-corrected chi connectivity index (χ2v) is 9.80. The Morgan fingerprint density at radius 3 is 2.10 bits per heavy atom. The minimum Gasteiger partial charge on any atom is -0.460 e.